The second-order valence-corrected chi connectivity index (χ2v) is 9.36. The largest absolute Gasteiger partial charge is 0.507 e. The number of nitrogens with one attached hydrogen (secondary N) is 1. The van der Waals surface area contributed by atoms with Crippen LogP contribution >= 0.6 is 31.9 Å². The highest BCUT2D eigenvalue weighted by Crippen LogP contribution is 2.31. The fourth-order valence-corrected chi connectivity index (χ4v) is 3.01. The van der Waals surface area contributed by atoms with E-state index >= 15 is 0 Å². The van der Waals surface area contributed by atoms with Crippen molar-refractivity contribution in [2.45, 2.75) is 15.1 Å². The monoisotopic (exact) mass is 451 g/mol. The number of carbonyl (C=O) groups is 1. The molecule has 2 rings (SSSR count). The highest BCUT2D eigenvalue weighted by molar-refractivity contribution is 9.24. The van der Waals surface area contributed by atoms with Gasteiger partial charge in [-0.3, -0.25) is 9.35 Å². The number of hydrogen-bond acceptors (Lipinski definition) is 4. The summed E-state index contributed by atoms with van der Waals surface area (Å²) in [5.41, 5.74) is 0.466. The number of anilines is 1. The molecule has 2 aromatic carbocycles. The van der Waals surface area contributed by atoms with Crippen LogP contribution in [0, 0.1) is 0 Å². The fourth-order valence-electron chi connectivity index (χ4n) is 1.89. The summed E-state index contributed by atoms with van der Waals surface area (Å²) in [5.74, 6) is -0.535. The van der Waals surface area contributed by atoms with Gasteiger partial charge >= 0.3 is 0 Å². The number of carbonyl (C=O) groups excluding carboxylic acids is 1. The molecule has 0 aliphatic heterocycles. The van der Waals surface area contributed by atoms with E-state index in [1.807, 2.05) is 0 Å². The van der Waals surface area contributed by atoms with Crippen LogP contribution in [0.4, 0.5) is 5.69 Å². The van der Waals surface area contributed by atoms with Gasteiger partial charge in [-0.1, -0.05) is 37.9 Å². The van der Waals surface area contributed by atoms with Gasteiger partial charge in [-0.2, -0.15) is 8.42 Å². The van der Waals surface area contributed by atoms with Gasteiger partial charge in [-0.15, -0.1) is 0 Å². The number of benzene rings is 2. The minimum absolute atomic E-state index is 0.147. The summed E-state index contributed by atoms with van der Waals surface area (Å²) < 4.78 is 31.1. The van der Waals surface area contributed by atoms with Gasteiger partial charge in [-0.05, 0) is 23.6 Å². The van der Waals surface area contributed by atoms with E-state index in [2.05, 4.69) is 37.2 Å². The lowest BCUT2D eigenvalue weighted by Crippen LogP contribution is -2.13. The standard InChI is InChI=1S/C13H11Br2NO5S/c14-12(15)6-13(18)16-8-2-1-7-3-9(22(19,20)21)5-11(17)10(7)4-8/h1-5,12,17H,6H2,(H,16,18)(H,19,20,21). The van der Waals surface area contributed by atoms with Gasteiger partial charge in [0.25, 0.3) is 10.1 Å². The third-order valence-electron chi connectivity index (χ3n) is 2.83. The van der Waals surface area contributed by atoms with Gasteiger partial charge in [-0.25, -0.2) is 0 Å². The van der Waals surface area contributed by atoms with Gasteiger partial charge in [0, 0.05) is 23.6 Å². The molecule has 118 valence electrons. The summed E-state index contributed by atoms with van der Waals surface area (Å²) in [6, 6.07) is 6.83. The first-order chi connectivity index (χ1) is 10.2. The van der Waals surface area contributed by atoms with Crippen LogP contribution in [-0.4, -0.2) is 27.7 Å². The first-order valence-corrected chi connectivity index (χ1v) is 9.26. The molecular formula is C13H11Br2NO5S. The van der Waals surface area contributed by atoms with Crippen molar-refractivity contribution >= 4 is 64.3 Å². The van der Waals surface area contributed by atoms with Crippen molar-refractivity contribution < 1.29 is 22.9 Å². The van der Waals surface area contributed by atoms with E-state index in [1.54, 1.807) is 12.1 Å². The lowest BCUT2D eigenvalue weighted by atomic mass is 10.1. The van der Waals surface area contributed by atoms with E-state index in [9.17, 15) is 18.3 Å². The van der Waals surface area contributed by atoms with Crippen molar-refractivity contribution in [3.05, 3.63) is 30.3 Å². The Morgan fingerprint density at radius 3 is 2.50 bits per heavy atom. The summed E-state index contributed by atoms with van der Waals surface area (Å²) in [4.78, 5) is 11.3. The molecule has 0 aliphatic rings. The molecule has 6 nitrogen and oxygen atoms in total. The van der Waals surface area contributed by atoms with Crippen LogP contribution in [0.2, 0.25) is 0 Å². The molecule has 22 heavy (non-hydrogen) atoms. The molecule has 2 aromatic rings. The number of fused-ring (bicyclic) bond motifs is 1. The Morgan fingerprint density at radius 1 is 1.23 bits per heavy atom. The van der Waals surface area contributed by atoms with E-state index in [4.69, 9.17) is 4.55 Å². The van der Waals surface area contributed by atoms with Crippen LogP contribution < -0.4 is 5.32 Å². The fraction of sp³-hybridized carbons (Fsp3) is 0.154. The first kappa shape index (κ1) is 17.2. The number of amides is 1. The molecule has 0 atom stereocenters. The highest BCUT2D eigenvalue weighted by atomic mass is 79.9. The van der Waals surface area contributed by atoms with E-state index in [-0.39, 0.29) is 21.8 Å². The zero-order valence-corrected chi connectivity index (χ0v) is 14.9. The quantitative estimate of drug-likeness (QED) is 0.488. The predicted molar refractivity (Wildman–Crippen MR) is 90.3 cm³/mol. The lowest BCUT2D eigenvalue weighted by molar-refractivity contribution is -0.115. The van der Waals surface area contributed by atoms with E-state index < -0.39 is 15.0 Å². The SMILES string of the molecule is O=C(CC(Br)Br)Nc1ccc2cc(S(=O)(=O)O)cc(O)c2c1. The second-order valence-electron chi connectivity index (χ2n) is 4.50. The molecule has 0 unspecified atom stereocenters. The highest BCUT2D eigenvalue weighted by Gasteiger charge is 2.14. The first-order valence-electron chi connectivity index (χ1n) is 5.99. The third-order valence-corrected chi connectivity index (χ3v) is 4.31. The van der Waals surface area contributed by atoms with Gasteiger partial charge in [0.1, 0.15) is 5.75 Å². The van der Waals surface area contributed by atoms with Crippen molar-refractivity contribution in [2.75, 3.05) is 5.32 Å². The number of aromatic hydroxyl groups is 1. The topological polar surface area (TPSA) is 104 Å². The normalized spacial score (nSPS) is 11.8. The van der Waals surface area contributed by atoms with Crippen LogP contribution in [0.25, 0.3) is 10.8 Å². The van der Waals surface area contributed by atoms with Crippen LogP contribution in [0.5, 0.6) is 5.75 Å². The molecule has 1 amide bonds. The number of phenols is 1. The number of phenolic OH excluding ortho intramolecular Hbond substituents is 1. The minimum atomic E-state index is -4.40. The van der Waals surface area contributed by atoms with E-state index in [0.29, 0.717) is 16.5 Å². The number of hydrogen-bond donors (Lipinski definition) is 3. The molecule has 0 saturated carbocycles. The lowest BCUT2D eigenvalue weighted by Gasteiger charge is -2.09. The number of halogens is 2. The number of alkyl halides is 2. The van der Waals surface area contributed by atoms with Crippen LogP contribution in [0.3, 0.4) is 0 Å². The average molecular weight is 453 g/mol. The molecule has 0 aliphatic carbocycles. The molecular weight excluding hydrogens is 442 g/mol. The third kappa shape index (κ3) is 4.19. The number of rotatable bonds is 4. The Labute approximate surface area is 143 Å². The molecule has 0 bridgehead atoms. The van der Waals surface area contributed by atoms with Gasteiger partial charge in [0.05, 0.1) is 8.63 Å². The summed E-state index contributed by atoms with van der Waals surface area (Å²) in [5, 5.41) is 13.4. The van der Waals surface area contributed by atoms with Crippen molar-refractivity contribution in [2.24, 2.45) is 0 Å². The molecule has 0 radical (unpaired) electrons. The van der Waals surface area contributed by atoms with Crippen LogP contribution in [-0.2, 0) is 14.9 Å². The van der Waals surface area contributed by atoms with E-state index in [0.717, 1.165) is 6.07 Å². The predicted octanol–water partition coefficient (Wildman–Crippen LogP) is 3.24. The Kier molecular flexibility index (Phi) is 5.10. The molecule has 0 heterocycles. The van der Waals surface area contributed by atoms with E-state index in [1.165, 1.54) is 12.1 Å². The Hall–Kier alpha value is -1.16. The van der Waals surface area contributed by atoms with Gasteiger partial charge < -0.3 is 10.4 Å². The summed E-state index contributed by atoms with van der Waals surface area (Å²) in [7, 11) is -4.40. The molecule has 0 aromatic heterocycles. The van der Waals surface area contributed by atoms with Gasteiger partial charge in [0.15, 0.2) is 0 Å². The average Bonchev–Trinajstić information content (AvgIpc) is 2.37. The molecule has 0 saturated heterocycles. The summed E-state index contributed by atoms with van der Waals surface area (Å²) in [6.45, 7) is 0. The Morgan fingerprint density at radius 2 is 1.91 bits per heavy atom. The van der Waals surface area contributed by atoms with Gasteiger partial charge in [0.2, 0.25) is 5.91 Å². The van der Waals surface area contributed by atoms with Crippen LogP contribution in [0.15, 0.2) is 35.2 Å². The van der Waals surface area contributed by atoms with Crippen molar-refractivity contribution in [3.63, 3.8) is 0 Å². The maximum Gasteiger partial charge on any atom is 0.294 e. The van der Waals surface area contributed by atoms with Crippen molar-refractivity contribution in [3.8, 4) is 5.75 Å². The minimum Gasteiger partial charge on any atom is -0.507 e. The zero-order valence-electron chi connectivity index (χ0n) is 11.0. The van der Waals surface area contributed by atoms with Crippen molar-refractivity contribution in [1.82, 2.24) is 0 Å². The summed E-state index contributed by atoms with van der Waals surface area (Å²) in [6.07, 6.45) is 0.214. The molecule has 0 spiro atoms. The maximum atomic E-state index is 11.7. The smallest absolute Gasteiger partial charge is 0.294 e. The summed E-state index contributed by atoms with van der Waals surface area (Å²) >= 11 is 6.40. The van der Waals surface area contributed by atoms with Crippen LogP contribution in [0.1, 0.15) is 6.42 Å². The Bertz CT molecular complexity index is 836. The maximum absolute atomic E-state index is 11.7. The molecule has 9 heteroatoms. The zero-order chi connectivity index (χ0) is 16.5. The molecule has 0 fully saturated rings. The Balaban J connectivity index is 2.40. The molecule has 3 N–H and O–H groups in total. The second kappa shape index (κ2) is 6.53. The van der Waals surface area contributed by atoms with Crippen molar-refractivity contribution in [1.29, 1.82) is 0 Å².